The molecule has 5 heteroatoms. The summed E-state index contributed by atoms with van der Waals surface area (Å²) in [5.41, 5.74) is 1.25. The van der Waals surface area contributed by atoms with Crippen LogP contribution in [-0.2, 0) is 4.79 Å². The molecule has 0 atom stereocenters. The molecule has 2 amide bonds. The van der Waals surface area contributed by atoms with Crippen molar-refractivity contribution in [2.45, 2.75) is 9.79 Å². The summed E-state index contributed by atoms with van der Waals surface area (Å²) in [6.45, 7) is -0.0853. The van der Waals surface area contributed by atoms with Crippen LogP contribution in [-0.4, -0.2) is 18.4 Å². The lowest BCUT2D eigenvalue weighted by molar-refractivity contribution is -0.115. The number of nitrogens with one attached hydrogen (secondary N) is 2. The standard InChI is InChI=1S/C21H18N2O2S/c24-20(15-22-21(25)16-9-3-1-4-10-16)23-18-13-7-8-14-19(18)26-17-11-5-2-6-12-17/h1-14H,15H2,(H,22,25)(H,23,24). The van der Waals surface area contributed by atoms with Crippen LogP contribution in [0.1, 0.15) is 10.4 Å². The van der Waals surface area contributed by atoms with Crippen molar-refractivity contribution in [3.63, 3.8) is 0 Å². The van der Waals surface area contributed by atoms with Gasteiger partial charge in [-0.3, -0.25) is 9.59 Å². The molecular formula is C21H18N2O2S. The van der Waals surface area contributed by atoms with E-state index in [1.165, 1.54) is 0 Å². The van der Waals surface area contributed by atoms with Crippen LogP contribution in [0.15, 0.2) is 94.7 Å². The van der Waals surface area contributed by atoms with Gasteiger partial charge >= 0.3 is 0 Å². The molecule has 0 saturated carbocycles. The van der Waals surface area contributed by atoms with Gasteiger partial charge in [-0.1, -0.05) is 60.3 Å². The van der Waals surface area contributed by atoms with Crippen LogP contribution in [0, 0.1) is 0 Å². The second-order valence-electron chi connectivity index (χ2n) is 5.51. The maximum atomic E-state index is 12.2. The molecule has 26 heavy (non-hydrogen) atoms. The molecule has 0 radical (unpaired) electrons. The zero-order chi connectivity index (χ0) is 18.2. The molecule has 0 heterocycles. The average Bonchev–Trinajstić information content (AvgIpc) is 2.69. The van der Waals surface area contributed by atoms with Gasteiger partial charge in [0.05, 0.1) is 12.2 Å². The zero-order valence-electron chi connectivity index (χ0n) is 14.0. The van der Waals surface area contributed by atoms with Gasteiger partial charge in [-0.15, -0.1) is 0 Å². The van der Waals surface area contributed by atoms with Crippen LogP contribution < -0.4 is 10.6 Å². The second kappa shape index (κ2) is 8.87. The molecule has 0 aromatic heterocycles. The van der Waals surface area contributed by atoms with E-state index in [0.29, 0.717) is 5.56 Å². The molecule has 0 spiro atoms. The van der Waals surface area contributed by atoms with Crippen LogP contribution >= 0.6 is 11.8 Å². The smallest absolute Gasteiger partial charge is 0.251 e. The van der Waals surface area contributed by atoms with Gasteiger partial charge in [-0.2, -0.15) is 0 Å². The SMILES string of the molecule is O=C(CNC(=O)c1ccccc1)Nc1ccccc1Sc1ccccc1. The number of hydrogen-bond acceptors (Lipinski definition) is 3. The van der Waals surface area contributed by atoms with Crippen LogP contribution in [0.4, 0.5) is 5.69 Å². The number of para-hydroxylation sites is 1. The number of hydrogen-bond donors (Lipinski definition) is 2. The second-order valence-corrected chi connectivity index (χ2v) is 6.62. The Labute approximate surface area is 156 Å². The van der Waals surface area contributed by atoms with Gasteiger partial charge in [0.1, 0.15) is 0 Å². The van der Waals surface area contributed by atoms with Gasteiger partial charge in [-0.25, -0.2) is 0 Å². The summed E-state index contributed by atoms with van der Waals surface area (Å²) in [7, 11) is 0. The summed E-state index contributed by atoms with van der Waals surface area (Å²) in [6, 6.07) is 26.4. The lowest BCUT2D eigenvalue weighted by atomic mass is 10.2. The summed E-state index contributed by atoms with van der Waals surface area (Å²) >= 11 is 1.58. The van der Waals surface area contributed by atoms with Gasteiger partial charge in [0.15, 0.2) is 0 Å². The highest BCUT2D eigenvalue weighted by Gasteiger charge is 2.10. The lowest BCUT2D eigenvalue weighted by Gasteiger charge is -2.11. The van der Waals surface area contributed by atoms with Crippen molar-refractivity contribution in [2.24, 2.45) is 0 Å². The van der Waals surface area contributed by atoms with Crippen LogP contribution in [0.3, 0.4) is 0 Å². The largest absolute Gasteiger partial charge is 0.343 e. The van der Waals surface area contributed by atoms with Crippen LogP contribution in [0.5, 0.6) is 0 Å². The van der Waals surface area contributed by atoms with Gasteiger partial charge in [0.2, 0.25) is 5.91 Å². The van der Waals surface area contributed by atoms with Crippen molar-refractivity contribution < 1.29 is 9.59 Å². The molecular weight excluding hydrogens is 344 g/mol. The van der Waals surface area contributed by atoms with E-state index < -0.39 is 0 Å². The molecule has 3 aromatic rings. The van der Waals surface area contributed by atoms with E-state index in [2.05, 4.69) is 10.6 Å². The summed E-state index contributed by atoms with van der Waals surface area (Å²) in [5.74, 6) is -0.539. The summed E-state index contributed by atoms with van der Waals surface area (Å²) < 4.78 is 0. The third-order valence-electron chi connectivity index (χ3n) is 3.58. The molecule has 0 unspecified atom stereocenters. The fourth-order valence-electron chi connectivity index (χ4n) is 2.32. The minimum atomic E-state index is -0.271. The Morgan fingerprint density at radius 2 is 1.38 bits per heavy atom. The highest BCUT2D eigenvalue weighted by atomic mass is 32.2. The average molecular weight is 362 g/mol. The Bertz CT molecular complexity index is 883. The van der Waals surface area contributed by atoms with E-state index in [9.17, 15) is 9.59 Å². The maximum Gasteiger partial charge on any atom is 0.251 e. The Hall–Kier alpha value is -3.05. The van der Waals surface area contributed by atoms with Crippen molar-refractivity contribution in [3.8, 4) is 0 Å². The minimum absolute atomic E-state index is 0.0853. The van der Waals surface area contributed by atoms with Gasteiger partial charge in [0, 0.05) is 15.4 Å². The zero-order valence-corrected chi connectivity index (χ0v) is 14.8. The van der Waals surface area contributed by atoms with Crippen molar-refractivity contribution in [1.82, 2.24) is 5.32 Å². The van der Waals surface area contributed by atoms with E-state index in [1.54, 1.807) is 36.0 Å². The fourth-order valence-corrected chi connectivity index (χ4v) is 3.24. The number of amides is 2. The van der Waals surface area contributed by atoms with Gasteiger partial charge in [-0.05, 0) is 36.4 Å². The first-order chi connectivity index (χ1) is 12.7. The summed E-state index contributed by atoms with van der Waals surface area (Å²) in [4.78, 5) is 26.3. The van der Waals surface area contributed by atoms with Crippen molar-refractivity contribution >= 4 is 29.3 Å². The molecule has 0 saturated heterocycles. The molecule has 4 nitrogen and oxygen atoms in total. The van der Waals surface area contributed by atoms with Gasteiger partial charge < -0.3 is 10.6 Å². The molecule has 0 bridgehead atoms. The van der Waals surface area contributed by atoms with Crippen molar-refractivity contribution in [2.75, 3.05) is 11.9 Å². The normalized spacial score (nSPS) is 10.2. The fraction of sp³-hybridized carbons (Fsp3) is 0.0476. The highest BCUT2D eigenvalue weighted by molar-refractivity contribution is 7.99. The molecule has 3 rings (SSSR count). The Morgan fingerprint density at radius 1 is 0.769 bits per heavy atom. The van der Waals surface area contributed by atoms with Crippen LogP contribution in [0.2, 0.25) is 0 Å². The van der Waals surface area contributed by atoms with Gasteiger partial charge in [0.25, 0.3) is 5.91 Å². The molecule has 0 fully saturated rings. The van der Waals surface area contributed by atoms with E-state index >= 15 is 0 Å². The summed E-state index contributed by atoms with van der Waals surface area (Å²) in [5, 5.41) is 5.49. The minimum Gasteiger partial charge on any atom is -0.343 e. The van der Waals surface area contributed by atoms with Crippen LogP contribution in [0.25, 0.3) is 0 Å². The Kier molecular flexibility index (Phi) is 6.06. The molecule has 2 N–H and O–H groups in total. The number of carbonyl (C=O) groups is 2. The molecule has 3 aromatic carbocycles. The molecule has 0 aliphatic carbocycles. The third kappa shape index (κ3) is 4.97. The van der Waals surface area contributed by atoms with E-state index in [0.717, 1.165) is 15.5 Å². The Balaban J connectivity index is 1.60. The first kappa shape index (κ1) is 17.8. The summed E-state index contributed by atoms with van der Waals surface area (Å²) in [6.07, 6.45) is 0. The quantitative estimate of drug-likeness (QED) is 0.691. The molecule has 0 aliphatic rings. The first-order valence-electron chi connectivity index (χ1n) is 8.17. The number of anilines is 1. The number of benzene rings is 3. The predicted octanol–water partition coefficient (Wildman–Crippen LogP) is 4.21. The predicted molar refractivity (Wildman–Crippen MR) is 104 cm³/mol. The Morgan fingerprint density at radius 3 is 2.12 bits per heavy atom. The monoisotopic (exact) mass is 362 g/mol. The molecule has 130 valence electrons. The highest BCUT2D eigenvalue weighted by Crippen LogP contribution is 2.33. The third-order valence-corrected chi connectivity index (χ3v) is 4.66. The van der Waals surface area contributed by atoms with E-state index in [-0.39, 0.29) is 18.4 Å². The van der Waals surface area contributed by atoms with Crippen molar-refractivity contribution in [3.05, 3.63) is 90.5 Å². The van der Waals surface area contributed by atoms with E-state index in [1.807, 2.05) is 60.7 Å². The first-order valence-corrected chi connectivity index (χ1v) is 8.99. The number of rotatable bonds is 6. The lowest BCUT2D eigenvalue weighted by Crippen LogP contribution is -2.32. The molecule has 0 aliphatic heterocycles. The topological polar surface area (TPSA) is 58.2 Å². The van der Waals surface area contributed by atoms with E-state index in [4.69, 9.17) is 0 Å². The van der Waals surface area contributed by atoms with Crippen molar-refractivity contribution in [1.29, 1.82) is 0 Å². The number of carbonyl (C=O) groups excluding carboxylic acids is 2. The maximum absolute atomic E-state index is 12.2.